The van der Waals surface area contributed by atoms with Crippen molar-refractivity contribution in [3.05, 3.63) is 51.5 Å². The van der Waals surface area contributed by atoms with E-state index < -0.39 is 5.41 Å². The molecule has 2 aromatic rings. The van der Waals surface area contributed by atoms with Gasteiger partial charge in [-0.2, -0.15) is 0 Å². The summed E-state index contributed by atoms with van der Waals surface area (Å²) in [5.41, 5.74) is 4.73. The molecule has 1 aromatic heterocycles. The number of Topliss-reactive ketones (excluding diaryl/α,β-unsaturated/α-hetero) is 1. The van der Waals surface area contributed by atoms with Crippen molar-refractivity contribution in [3.8, 4) is 0 Å². The molecule has 2 heterocycles. The van der Waals surface area contributed by atoms with Crippen LogP contribution in [0, 0.1) is 5.41 Å². The molecule has 0 radical (unpaired) electrons. The molecule has 26 heavy (non-hydrogen) atoms. The maximum atomic E-state index is 13.4. The van der Waals surface area contributed by atoms with Gasteiger partial charge in [-0.25, -0.2) is 4.98 Å². The number of carbonyl (C=O) groups is 1. The number of nitrogens with one attached hydrogen (secondary N) is 1. The Bertz CT molecular complexity index is 912. The first-order chi connectivity index (χ1) is 12.4. The molecule has 1 N–H and O–H groups in total. The molecule has 0 saturated carbocycles. The minimum Gasteiger partial charge on any atom is -0.342 e. The first-order valence-corrected chi connectivity index (χ1v) is 11.1. The molecule has 5 heteroatoms. The molecular weight excluding hydrogens is 360 g/mol. The topological polar surface area (TPSA) is 42.0 Å². The minimum absolute atomic E-state index is 0.0168. The first-order valence-electron chi connectivity index (χ1n) is 9.03. The number of nitrogens with zero attached hydrogens (tertiary/aromatic N) is 1. The number of fused-ring (bicyclic) bond motifs is 1. The SMILES string of the molecule is CCC1(c2cccc(SC)c2)C2=C(CC(C)(C)CC2=O)Nc2ncsc21. The monoisotopic (exact) mass is 384 g/mol. The van der Waals surface area contributed by atoms with Crippen molar-refractivity contribution in [2.75, 3.05) is 11.6 Å². The number of benzene rings is 1. The first kappa shape index (κ1) is 17.8. The Morgan fingerprint density at radius 3 is 2.85 bits per heavy atom. The zero-order chi connectivity index (χ0) is 18.5. The van der Waals surface area contributed by atoms with Crippen LogP contribution in [0.3, 0.4) is 0 Å². The number of allylic oxidation sites excluding steroid dienone is 2. The molecule has 2 aliphatic rings. The largest absolute Gasteiger partial charge is 0.342 e. The molecule has 1 aromatic carbocycles. The lowest BCUT2D eigenvalue weighted by atomic mass is 9.62. The highest BCUT2D eigenvalue weighted by Crippen LogP contribution is 2.55. The third-order valence-corrected chi connectivity index (χ3v) is 7.33. The predicted molar refractivity (Wildman–Crippen MR) is 110 cm³/mol. The zero-order valence-corrected chi connectivity index (χ0v) is 17.3. The number of carbonyl (C=O) groups excluding carboxylic acids is 1. The Balaban J connectivity index is 2.02. The van der Waals surface area contributed by atoms with Crippen LogP contribution in [-0.4, -0.2) is 17.0 Å². The van der Waals surface area contributed by atoms with Crippen molar-refractivity contribution in [1.29, 1.82) is 0 Å². The Morgan fingerprint density at radius 1 is 1.31 bits per heavy atom. The van der Waals surface area contributed by atoms with E-state index in [9.17, 15) is 4.79 Å². The van der Waals surface area contributed by atoms with Gasteiger partial charge >= 0.3 is 0 Å². The van der Waals surface area contributed by atoms with Crippen LogP contribution in [0.1, 0.15) is 50.5 Å². The van der Waals surface area contributed by atoms with Gasteiger partial charge in [0.15, 0.2) is 5.78 Å². The summed E-state index contributed by atoms with van der Waals surface area (Å²) in [6.45, 7) is 6.54. The molecule has 1 atom stereocenters. The molecular formula is C21H24N2OS2. The number of anilines is 1. The number of ketones is 1. The van der Waals surface area contributed by atoms with Crippen LogP contribution in [0.2, 0.25) is 0 Å². The standard InChI is InChI=1S/C21H24N2OS2/c1-5-21(13-7-6-8-14(9-13)25-4)17-15(10-20(2,3)11-16(17)24)23-19-18(21)26-12-22-19/h6-9,12,23H,5,10-11H2,1-4H3. The van der Waals surface area contributed by atoms with Gasteiger partial charge in [-0.05, 0) is 42.2 Å². The summed E-state index contributed by atoms with van der Waals surface area (Å²) in [4.78, 5) is 20.3. The quantitative estimate of drug-likeness (QED) is 0.696. The molecule has 1 aliphatic heterocycles. The van der Waals surface area contributed by atoms with Crippen LogP contribution in [0.15, 0.2) is 45.9 Å². The fourth-order valence-corrected chi connectivity index (χ4v) is 6.03. The Labute approximate surface area is 163 Å². The van der Waals surface area contributed by atoms with Crippen LogP contribution < -0.4 is 5.32 Å². The van der Waals surface area contributed by atoms with E-state index in [1.807, 2.05) is 5.51 Å². The zero-order valence-electron chi connectivity index (χ0n) is 15.7. The molecule has 1 aliphatic carbocycles. The lowest BCUT2D eigenvalue weighted by molar-refractivity contribution is -0.118. The average Bonchev–Trinajstić information content (AvgIpc) is 3.07. The van der Waals surface area contributed by atoms with E-state index in [1.54, 1.807) is 23.1 Å². The lowest BCUT2D eigenvalue weighted by Crippen LogP contribution is -2.43. The van der Waals surface area contributed by atoms with Crippen LogP contribution in [0.4, 0.5) is 5.82 Å². The number of thioether (sulfide) groups is 1. The van der Waals surface area contributed by atoms with E-state index in [0.717, 1.165) is 29.9 Å². The van der Waals surface area contributed by atoms with Crippen molar-refractivity contribution in [3.63, 3.8) is 0 Å². The molecule has 0 amide bonds. The minimum atomic E-state index is -0.392. The highest BCUT2D eigenvalue weighted by Gasteiger charge is 2.50. The Morgan fingerprint density at radius 2 is 2.12 bits per heavy atom. The van der Waals surface area contributed by atoms with Crippen LogP contribution in [0.5, 0.6) is 0 Å². The molecule has 3 nitrogen and oxygen atoms in total. The molecule has 4 rings (SSSR count). The van der Waals surface area contributed by atoms with Gasteiger partial charge in [-0.3, -0.25) is 4.79 Å². The number of aromatic nitrogens is 1. The fraction of sp³-hybridized carbons (Fsp3) is 0.429. The second kappa shape index (κ2) is 6.24. The summed E-state index contributed by atoms with van der Waals surface area (Å²) in [7, 11) is 0. The van der Waals surface area contributed by atoms with Gasteiger partial charge in [-0.1, -0.05) is 32.9 Å². The van der Waals surface area contributed by atoms with Gasteiger partial charge in [0.2, 0.25) is 0 Å². The van der Waals surface area contributed by atoms with Crippen molar-refractivity contribution in [2.24, 2.45) is 5.41 Å². The number of hydrogen-bond acceptors (Lipinski definition) is 5. The maximum Gasteiger partial charge on any atom is 0.162 e. The summed E-state index contributed by atoms with van der Waals surface area (Å²) < 4.78 is 0. The van der Waals surface area contributed by atoms with E-state index in [1.165, 1.54) is 15.3 Å². The van der Waals surface area contributed by atoms with E-state index in [2.05, 4.69) is 61.6 Å². The second-order valence-corrected chi connectivity index (χ2v) is 9.67. The molecule has 0 saturated heterocycles. The predicted octanol–water partition coefficient (Wildman–Crippen LogP) is 5.63. The van der Waals surface area contributed by atoms with Crippen molar-refractivity contribution in [1.82, 2.24) is 4.98 Å². The highest BCUT2D eigenvalue weighted by atomic mass is 32.2. The Kier molecular flexibility index (Phi) is 4.27. The summed E-state index contributed by atoms with van der Waals surface area (Å²) in [6.07, 6.45) is 4.44. The Hall–Kier alpha value is -1.59. The van der Waals surface area contributed by atoms with Crippen LogP contribution in [0.25, 0.3) is 0 Å². The van der Waals surface area contributed by atoms with E-state index in [0.29, 0.717) is 6.42 Å². The van der Waals surface area contributed by atoms with Crippen LogP contribution >= 0.6 is 23.1 Å². The lowest BCUT2D eigenvalue weighted by Gasteiger charge is -2.44. The molecule has 0 fully saturated rings. The van der Waals surface area contributed by atoms with Crippen molar-refractivity contribution >= 4 is 34.7 Å². The third kappa shape index (κ3) is 2.55. The summed E-state index contributed by atoms with van der Waals surface area (Å²) in [6, 6.07) is 8.67. The van der Waals surface area contributed by atoms with E-state index in [-0.39, 0.29) is 11.2 Å². The summed E-state index contributed by atoms with van der Waals surface area (Å²) in [5, 5.41) is 3.51. The van der Waals surface area contributed by atoms with Crippen molar-refractivity contribution < 1.29 is 4.79 Å². The van der Waals surface area contributed by atoms with Gasteiger partial charge in [0.25, 0.3) is 0 Å². The van der Waals surface area contributed by atoms with Gasteiger partial charge in [0, 0.05) is 22.6 Å². The average molecular weight is 385 g/mol. The van der Waals surface area contributed by atoms with Gasteiger partial charge in [0.1, 0.15) is 5.82 Å². The van der Waals surface area contributed by atoms with Crippen LogP contribution in [-0.2, 0) is 10.2 Å². The molecule has 1 unspecified atom stereocenters. The summed E-state index contributed by atoms with van der Waals surface area (Å²) in [5.74, 6) is 1.20. The highest BCUT2D eigenvalue weighted by molar-refractivity contribution is 7.98. The van der Waals surface area contributed by atoms with Gasteiger partial charge in [-0.15, -0.1) is 23.1 Å². The van der Waals surface area contributed by atoms with Gasteiger partial charge < -0.3 is 5.32 Å². The smallest absolute Gasteiger partial charge is 0.162 e. The number of thiazole rings is 1. The number of hydrogen-bond donors (Lipinski definition) is 1. The second-order valence-electron chi connectivity index (χ2n) is 7.94. The molecule has 136 valence electrons. The number of rotatable bonds is 3. The van der Waals surface area contributed by atoms with Crippen molar-refractivity contribution in [2.45, 2.75) is 50.3 Å². The molecule has 0 spiro atoms. The fourth-order valence-electron chi connectivity index (χ4n) is 4.52. The maximum absolute atomic E-state index is 13.4. The third-order valence-electron chi connectivity index (χ3n) is 5.62. The normalized spacial score (nSPS) is 24.1. The van der Waals surface area contributed by atoms with Gasteiger partial charge in [0.05, 0.1) is 15.8 Å². The van der Waals surface area contributed by atoms with E-state index in [4.69, 9.17) is 0 Å². The summed E-state index contributed by atoms with van der Waals surface area (Å²) >= 11 is 3.40. The van der Waals surface area contributed by atoms with E-state index >= 15 is 0 Å². The molecule has 0 bridgehead atoms.